The highest BCUT2D eigenvalue weighted by Crippen LogP contribution is 2.40. The zero-order chi connectivity index (χ0) is 29.9. The largest absolute Gasteiger partial charge is 0.493 e. The van der Waals surface area contributed by atoms with Crippen LogP contribution in [-0.4, -0.2) is 67.9 Å². The van der Waals surface area contributed by atoms with Crippen LogP contribution in [0, 0.1) is 16.0 Å². The summed E-state index contributed by atoms with van der Waals surface area (Å²) >= 11 is 1.07. The molecule has 222 valence electrons. The van der Waals surface area contributed by atoms with Crippen molar-refractivity contribution in [2.24, 2.45) is 5.92 Å². The first-order valence-corrected chi connectivity index (χ1v) is 14.0. The molecule has 2 unspecified atom stereocenters. The second-order valence-corrected chi connectivity index (χ2v) is 10.7. The van der Waals surface area contributed by atoms with E-state index >= 15 is 0 Å². The number of benzene rings is 2. The number of hydrogen-bond donors (Lipinski definition) is 3. The highest BCUT2D eigenvalue weighted by Gasteiger charge is 2.27. The summed E-state index contributed by atoms with van der Waals surface area (Å²) in [6.45, 7) is 4.22. The molecule has 3 N–H and O–H groups in total. The third-order valence-corrected chi connectivity index (χ3v) is 7.40. The topological polar surface area (TPSA) is 135 Å². The Morgan fingerprint density at radius 2 is 1.85 bits per heavy atom. The maximum absolute atomic E-state index is 13.8. The maximum Gasteiger partial charge on any atom is 0.284 e. The predicted molar refractivity (Wildman–Crippen MR) is 158 cm³/mol. The van der Waals surface area contributed by atoms with E-state index in [9.17, 15) is 20.0 Å². The van der Waals surface area contributed by atoms with Gasteiger partial charge in [0.2, 0.25) is 11.7 Å². The van der Waals surface area contributed by atoms with Gasteiger partial charge < -0.3 is 29.5 Å². The van der Waals surface area contributed by atoms with Crippen LogP contribution in [0.5, 0.6) is 17.2 Å². The standard InChI is InChI=1S/C29H38N4O7S/c1-19(2)14-23(31-41-27-9-7-6-8-24(27)33(36)37)29(35)32(12-13-34)18-20-10-11-30-22(15-20)21-16-25(38-3)28(40-5)26(17-21)39-4/h6-11,15-17,19,22-23,30-31,34H,12-14,18H2,1-5H3. The minimum Gasteiger partial charge on any atom is -0.493 e. The van der Waals surface area contributed by atoms with Crippen molar-refractivity contribution in [1.29, 1.82) is 0 Å². The molecule has 1 amide bonds. The van der Waals surface area contributed by atoms with Crippen molar-refractivity contribution in [3.63, 3.8) is 0 Å². The monoisotopic (exact) mass is 586 g/mol. The number of aliphatic hydroxyl groups excluding tert-OH is 1. The van der Waals surface area contributed by atoms with Crippen molar-refractivity contribution in [1.82, 2.24) is 14.9 Å². The Morgan fingerprint density at radius 1 is 1.17 bits per heavy atom. The number of nitro benzene ring substituents is 1. The number of aliphatic hydroxyl groups is 1. The quantitative estimate of drug-likeness (QED) is 0.158. The van der Waals surface area contributed by atoms with E-state index in [0.29, 0.717) is 28.6 Å². The summed E-state index contributed by atoms with van der Waals surface area (Å²) in [5.74, 6) is 1.54. The first kappa shape index (κ1) is 31.8. The molecule has 41 heavy (non-hydrogen) atoms. The third-order valence-electron chi connectivity index (χ3n) is 6.43. The summed E-state index contributed by atoms with van der Waals surface area (Å²) < 4.78 is 19.6. The number of nitrogens with zero attached hydrogens (tertiary/aromatic N) is 2. The molecule has 1 aliphatic rings. The first-order valence-electron chi connectivity index (χ1n) is 13.2. The molecule has 2 atom stereocenters. The van der Waals surface area contributed by atoms with Crippen molar-refractivity contribution in [3.8, 4) is 17.2 Å². The molecule has 0 aromatic heterocycles. The second-order valence-electron chi connectivity index (χ2n) is 9.79. The molecule has 1 aliphatic heterocycles. The number of ether oxygens (including phenoxy) is 3. The highest BCUT2D eigenvalue weighted by molar-refractivity contribution is 7.97. The third kappa shape index (κ3) is 8.38. The average molecular weight is 587 g/mol. The molecular weight excluding hydrogens is 548 g/mol. The molecular formula is C29H38N4O7S. The summed E-state index contributed by atoms with van der Waals surface area (Å²) in [5.41, 5.74) is 1.72. The Kier molecular flexibility index (Phi) is 11.9. The van der Waals surface area contributed by atoms with Crippen LogP contribution in [0.2, 0.25) is 0 Å². The van der Waals surface area contributed by atoms with E-state index in [1.807, 2.05) is 44.3 Å². The number of amides is 1. The lowest BCUT2D eigenvalue weighted by Crippen LogP contribution is -2.47. The molecule has 12 heteroatoms. The molecule has 3 rings (SSSR count). The Morgan fingerprint density at radius 3 is 2.44 bits per heavy atom. The van der Waals surface area contributed by atoms with Gasteiger partial charge in [0.1, 0.15) is 4.90 Å². The normalized spacial score (nSPS) is 15.1. The predicted octanol–water partition coefficient (Wildman–Crippen LogP) is 4.24. The van der Waals surface area contributed by atoms with Crippen LogP contribution in [0.15, 0.2) is 65.2 Å². The van der Waals surface area contributed by atoms with Gasteiger partial charge >= 0.3 is 0 Å². The molecule has 0 aliphatic carbocycles. The molecule has 2 aromatic carbocycles. The van der Waals surface area contributed by atoms with E-state index in [-0.39, 0.29) is 43.3 Å². The van der Waals surface area contributed by atoms with Gasteiger partial charge in [-0.3, -0.25) is 14.9 Å². The van der Waals surface area contributed by atoms with E-state index in [1.54, 1.807) is 44.4 Å². The van der Waals surface area contributed by atoms with E-state index in [4.69, 9.17) is 14.2 Å². The molecule has 2 aromatic rings. The van der Waals surface area contributed by atoms with Gasteiger partial charge in [0.25, 0.3) is 5.69 Å². The van der Waals surface area contributed by atoms with Crippen molar-refractivity contribution in [2.75, 3.05) is 41.0 Å². The second kappa shape index (κ2) is 15.3. The molecule has 0 spiro atoms. The van der Waals surface area contributed by atoms with Crippen LogP contribution < -0.4 is 24.2 Å². The number of nitro groups is 1. The van der Waals surface area contributed by atoms with Gasteiger partial charge in [-0.15, -0.1) is 0 Å². The summed E-state index contributed by atoms with van der Waals surface area (Å²) in [6.07, 6.45) is 6.22. The number of dihydropyridines is 1. The van der Waals surface area contributed by atoms with E-state index in [2.05, 4.69) is 10.0 Å². The van der Waals surface area contributed by atoms with Crippen LogP contribution in [0.3, 0.4) is 0 Å². The zero-order valence-electron chi connectivity index (χ0n) is 24.0. The minimum atomic E-state index is -0.622. The smallest absolute Gasteiger partial charge is 0.284 e. The zero-order valence-corrected chi connectivity index (χ0v) is 24.8. The van der Waals surface area contributed by atoms with E-state index in [1.165, 1.54) is 6.07 Å². The van der Waals surface area contributed by atoms with Crippen LogP contribution in [-0.2, 0) is 4.79 Å². The summed E-state index contributed by atoms with van der Waals surface area (Å²) in [6, 6.07) is 9.28. The van der Waals surface area contributed by atoms with Gasteiger partial charge in [0, 0.05) is 19.2 Å². The van der Waals surface area contributed by atoms with Gasteiger partial charge in [-0.1, -0.05) is 32.1 Å². The number of carbonyl (C=O) groups is 1. The number of nitrogens with one attached hydrogen (secondary N) is 2. The number of methoxy groups -OCH3 is 3. The average Bonchev–Trinajstić information content (AvgIpc) is 2.97. The van der Waals surface area contributed by atoms with Crippen molar-refractivity contribution in [3.05, 3.63) is 76.0 Å². The Hall–Kier alpha value is -3.74. The minimum absolute atomic E-state index is 0.0317. The number of hydrogen-bond acceptors (Lipinski definition) is 10. The van der Waals surface area contributed by atoms with E-state index < -0.39 is 11.0 Å². The first-order chi connectivity index (χ1) is 19.7. The van der Waals surface area contributed by atoms with E-state index in [0.717, 1.165) is 23.1 Å². The number of para-hydroxylation sites is 1. The number of rotatable bonds is 15. The fourth-order valence-electron chi connectivity index (χ4n) is 4.48. The van der Waals surface area contributed by atoms with Crippen molar-refractivity contribution in [2.45, 2.75) is 37.2 Å². The summed E-state index contributed by atoms with van der Waals surface area (Å²) in [4.78, 5) is 26.8. The molecule has 0 saturated heterocycles. The highest BCUT2D eigenvalue weighted by atomic mass is 32.2. The SMILES string of the molecule is COc1cc(C2C=C(CN(CCO)C(=O)C(CC(C)C)NSc3ccccc3[N+](=O)[O-])C=CN2)cc(OC)c1OC. The van der Waals surface area contributed by atoms with Gasteiger partial charge in [-0.2, -0.15) is 0 Å². The van der Waals surface area contributed by atoms with Gasteiger partial charge in [0.05, 0.1) is 44.9 Å². The Balaban J connectivity index is 1.82. The molecule has 0 radical (unpaired) electrons. The molecule has 11 nitrogen and oxygen atoms in total. The van der Waals surface area contributed by atoms with Gasteiger partial charge in [-0.05, 0) is 65.9 Å². The lowest BCUT2D eigenvalue weighted by atomic mass is 9.99. The molecule has 1 heterocycles. The summed E-state index contributed by atoms with van der Waals surface area (Å²) in [7, 11) is 4.67. The summed E-state index contributed by atoms with van der Waals surface area (Å²) in [5, 5.41) is 24.6. The Bertz CT molecular complexity index is 1240. The lowest BCUT2D eigenvalue weighted by molar-refractivity contribution is -0.387. The van der Waals surface area contributed by atoms with Gasteiger partial charge in [0.15, 0.2) is 11.5 Å². The van der Waals surface area contributed by atoms with Crippen molar-refractivity contribution >= 4 is 23.5 Å². The van der Waals surface area contributed by atoms with Crippen molar-refractivity contribution < 1.29 is 29.0 Å². The fraction of sp³-hybridized carbons (Fsp3) is 0.414. The van der Waals surface area contributed by atoms with Crippen LogP contribution in [0.25, 0.3) is 0 Å². The molecule has 0 saturated carbocycles. The molecule has 0 bridgehead atoms. The van der Waals surface area contributed by atoms with Crippen LogP contribution in [0.4, 0.5) is 5.69 Å². The van der Waals surface area contributed by atoms with Gasteiger partial charge in [-0.25, -0.2) is 4.72 Å². The van der Waals surface area contributed by atoms with Crippen LogP contribution in [0.1, 0.15) is 31.9 Å². The number of carbonyl (C=O) groups excluding carboxylic acids is 1. The Labute approximate surface area is 244 Å². The van der Waals surface area contributed by atoms with Crippen LogP contribution >= 0.6 is 11.9 Å². The maximum atomic E-state index is 13.8. The molecule has 0 fully saturated rings. The lowest BCUT2D eigenvalue weighted by Gasteiger charge is -2.30. The fourth-order valence-corrected chi connectivity index (χ4v) is 5.34.